The van der Waals surface area contributed by atoms with Crippen LogP contribution in [0.3, 0.4) is 0 Å². The van der Waals surface area contributed by atoms with Gasteiger partial charge in [-0.15, -0.1) is 0 Å². The third-order valence-corrected chi connectivity index (χ3v) is 8.62. The highest BCUT2D eigenvalue weighted by Crippen LogP contribution is 2.32. The molecule has 2 aromatic carbocycles. The lowest BCUT2D eigenvalue weighted by atomic mass is 9.98. The Morgan fingerprint density at radius 1 is 0.951 bits per heavy atom. The zero-order valence-electron chi connectivity index (χ0n) is 23.7. The van der Waals surface area contributed by atoms with E-state index in [9.17, 15) is 4.79 Å². The highest BCUT2D eigenvalue weighted by molar-refractivity contribution is 7.21. The van der Waals surface area contributed by atoms with Crippen LogP contribution in [0.1, 0.15) is 49.7 Å². The lowest BCUT2D eigenvalue weighted by molar-refractivity contribution is 0.0987. The van der Waals surface area contributed by atoms with E-state index in [0.717, 1.165) is 58.0 Å². The van der Waals surface area contributed by atoms with E-state index in [1.54, 1.807) is 6.20 Å². The normalized spacial score (nSPS) is 14.8. The second-order valence-electron chi connectivity index (χ2n) is 11.5. The maximum atomic E-state index is 13.8. The third kappa shape index (κ3) is 6.19. The van der Waals surface area contributed by atoms with E-state index in [4.69, 9.17) is 15.0 Å². The molecule has 1 aliphatic rings. The number of Topliss-reactive ketones (excluding diaryl/α,β-unsaturated/α-hetero) is 1. The number of pyridine rings is 1. The van der Waals surface area contributed by atoms with E-state index in [1.807, 2.05) is 72.8 Å². The molecule has 6 rings (SSSR count). The number of anilines is 1. The first-order valence-electron chi connectivity index (χ1n) is 14.1. The summed E-state index contributed by atoms with van der Waals surface area (Å²) in [7, 11) is 0. The smallest absolute Gasteiger partial charge is 0.185 e. The summed E-state index contributed by atoms with van der Waals surface area (Å²) in [6.07, 6.45) is 4.04. The molecule has 41 heavy (non-hydrogen) atoms. The molecule has 1 fully saturated rings. The van der Waals surface area contributed by atoms with Crippen molar-refractivity contribution in [2.75, 3.05) is 18.4 Å². The summed E-state index contributed by atoms with van der Waals surface area (Å²) in [6.45, 7) is 8.85. The van der Waals surface area contributed by atoms with Gasteiger partial charge in [0.1, 0.15) is 26.9 Å². The van der Waals surface area contributed by atoms with Crippen LogP contribution in [-0.4, -0.2) is 55.3 Å². The molecule has 1 aliphatic heterocycles. The number of hydrogen-bond donors (Lipinski definition) is 1. The number of ketones is 1. The first-order valence-corrected chi connectivity index (χ1v) is 14.9. The number of carbonyl (C=O) groups is 1. The second-order valence-corrected chi connectivity index (χ2v) is 12.5. The van der Waals surface area contributed by atoms with Crippen molar-refractivity contribution in [3.05, 3.63) is 90.3 Å². The van der Waals surface area contributed by atoms with Gasteiger partial charge in [0.25, 0.3) is 0 Å². The standard InChI is InChI=1S/C33H34N6OS/c1-33(2,3)39-18-15-24(16-19-39)35-29-21-27(36-30(38-29)22-10-5-4-6-11-22)28(40)20-23-12-7-8-13-25(23)31-37-26-14-9-17-34-32(26)41-31/h4-14,17,21,24H,15-16,18-20H2,1-3H3,(H,35,36,38). The van der Waals surface area contributed by atoms with Gasteiger partial charge in [0.05, 0.1) is 0 Å². The number of nitrogens with one attached hydrogen (secondary N) is 1. The number of hydrogen-bond acceptors (Lipinski definition) is 8. The second kappa shape index (κ2) is 11.5. The first kappa shape index (κ1) is 27.2. The van der Waals surface area contributed by atoms with Gasteiger partial charge in [-0.2, -0.15) is 0 Å². The Bertz CT molecular complexity index is 1640. The van der Waals surface area contributed by atoms with Crippen LogP contribution in [0.2, 0.25) is 0 Å². The molecule has 0 unspecified atom stereocenters. The van der Waals surface area contributed by atoms with Crippen LogP contribution in [0.25, 0.3) is 32.3 Å². The van der Waals surface area contributed by atoms with E-state index < -0.39 is 0 Å². The molecule has 208 valence electrons. The van der Waals surface area contributed by atoms with Gasteiger partial charge in [-0.05, 0) is 51.3 Å². The minimum absolute atomic E-state index is 0.0538. The SMILES string of the molecule is CC(C)(C)N1CCC(Nc2cc(C(=O)Cc3ccccc3-c3nc4cccnc4s3)nc(-c3ccccc3)n2)CC1. The molecule has 0 aliphatic carbocycles. The van der Waals surface area contributed by atoms with Crippen LogP contribution in [0.15, 0.2) is 79.0 Å². The fourth-order valence-corrected chi connectivity index (χ4v) is 6.28. The molecule has 0 bridgehead atoms. The molecule has 0 saturated carbocycles. The quantitative estimate of drug-likeness (QED) is 0.216. The van der Waals surface area contributed by atoms with Gasteiger partial charge >= 0.3 is 0 Å². The molecule has 0 spiro atoms. The summed E-state index contributed by atoms with van der Waals surface area (Å²) in [5.41, 5.74) is 4.19. The van der Waals surface area contributed by atoms with E-state index in [1.165, 1.54) is 11.3 Å². The van der Waals surface area contributed by atoms with Crippen molar-refractivity contribution in [2.45, 2.75) is 51.6 Å². The molecule has 1 saturated heterocycles. The number of rotatable bonds is 7. The predicted octanol–water partition coefficient (Wildman–Crippen LogP) is 6.92. The van der Waals surface area contributed by atoms with Crippen molar-refractivity contribution in [3.8, 4) is 22.0 Å². The summed E-state index contributed by atoms with van der Waals surface area (Å²) in [4.78, 5) is 36.0. The molecular formula is C33H34N6OS. The number of aromatic nitrogens is 4. The lowest BCUT2D eigenvalue weighted by Crippen LogP contribution is -2.48. The van der Waals surface area contributed by atoms with E-state index in [-0.39, 0.29) is 17.7 Å². The largest absolute Gasteiger partial charge is 0.367 e. The molecule has 1 N–H and O–H groups in total. The van der Waals surface area contributed by atoms with E-state index >= 15 is 0 Å². The summed E-state index contributed by atoms with van der Waals surface area (Å²) in [5, 5.41) is 4.49. The van der Waals surface area contributed by atoms with Crippen molar-refractivity contribution >= 4 is 33.3 Å². The summed E-state index contributed by atoms with van der Waals surface area (Å²) < 4.78 is 0. The first-order chi connectivity index (χ1) is 19.8. The number of carbonyl (C=O) groups excluding carboxylic acids is 1. The number of likely N-dealkylation sites (tertiary alicyclic amines) is 1. The van der Waals surface area contributed by atoms with E-state index in [2.05, 4.69) is 36.0 Å². The minimum atomic E-state index is -0.0538. The Labute approximate surface area is 244 Å². The Kier molecular flexibility index (Phi) is 7.60. The molecular weight excluding hydrogens is 528 g/mol. The van der Waals surface area contributed by atoms with Gasteiger partial charge in [0.15, 0.2) is 11.6 Å². The number of fused-ring (bicyclic) bond motifs is 1. The third-order valence-electron chi connectivity index (χ3n) is 7.60. The Hall–Kier alpha value is -4.01. The van der Waals surface area contributed by atoms with Gasteiger partial charge in [0.2, 0.25) is 0 Å². The average molecular weight is 563 g/mol. The van der Waals surface area contributed by atoms with Crippen molar-refractivity contribution in [3.63, 3.8) is 0 Å². The number of thiazole rings is 1. The lowest BCUT2D eigenvalue weighted by Gasteiger charge is -2.41. The molecule has 4 heterocycles. The summed E-state index contributed by atoms with van der Waals surface area (Å²) in [6, 6.07) is 23.8. The van der Waals surface area contributed by atoms with E-state index in [0.29, 0.717) is 23.4 Å². The van der Waals surface area contributed by atoms with Gasteiger partial charge in [0, 0.05) is 54.5 Å². The Morgan fingerprint density at radius 3 is 2.46 bits per heavy atom. The van der Waals surface area contributed by atoms with Gasteiger partial charge in [-0.3, -0.25) is 9.69 Å². The van der Waals surface area contributed by atoms with Crippen LogP contribution in [-0.2, 0) is 6.42 Å². The fraction of sp³-hybridized carbons (Fsp3) is 0.303. The number of piperidine rings is 1. The molecule has 0 radical (unpaired) electrons. The van der Waals surface area contributed by atoms with Crippen LogP contribution in [0.5, 0.6) is 0 Å². The van der Waals surface area contributed by atoms with Crippen molar-refractivity contribution in [1.29, 1.82) is 0 Å². The summed E-state index contributed by atoms with van der Waals surface area (Å²) in [5.74, 6) is 1.19. The Morgan fingerprint density at radius 2 is 1.71 bits per heavy atom. The number of benzene rings is 2. The zero-order chi connectivity index (χ0) is 28.4. The minimum Gasteiger partial charge on any atom is -0.367 e. The maximum absolute atomic E-state index is 13.8. The summed E-state index contributed by atoms with van der Waals surface area (Å²) >= 11 is 1.54. The molecule has 0 atom stereocenters. The van der Waals surface area contributed by atoms with Crippen LogP contribution < -0.4 is 5.32 Å². The zero-order valence-corrected chi connectivity index (χ0v) is 24.5. The van der Waals surface area contributed by atoms with Gasteiger partial charge in [-0.25, -0.2) is 19.9 Å². The van der Waals surface area contributed by atoms with Crippen molar-refractivity contribution in [2.24, 2.45) is 0 Å². The monoisotopic (exact) mass is 562 g/mol. The molecule has 0 amide bonds. The van der Waals surface area contributed by atoms with Gasteiger partial charge < -0.3 is 5.32 Å². The fourth-order valence-electron chi connectivity index (χ4n) is 5.32. The van der Waals surface area contributed by atoms with Crippen LogP contribution >= 0.6 is 11.3 Å². The van der Waals surface area contributed by atoms with Crippen LogP contribution in [0, 0.1) is 0 Å². The molecule has 7 nitrogen and oxygen atoms in total. The predicted molar refractivity (Wildman–Crippen MR) is 166 cm³/mol. The molecule has 5 aromatic rings. The molecule has 3 aromatic heterocycles. The topological polar surface area (TPSA) is 83.9 Å². The van der Waals surface area contributed by atoms with Crippen molar-refractivity contribution < 1.29 is 4.79 Å². The highest BCUT2D eigenvalue weighted by atomic mass is 32.1. The highest BCUT2D eigenvalue weighted by Gasteiger charge is 2.27. The number of nitrogens with zero attached hydrogens (tertiary/aromatic N) is 5. The average Bonchev–Trinajstić information content (AvgIpc) is 3.42. The van der Waals surface area contributed by atoms with Crippen molar-refractivity contribution in [1.82, 2.24) is 24.8 Å². The maximum Gasteiger partial charge on any atom is 0.185 e. The molecule has 8 heteroatoms. The Balaban J connectivity index is 1.28. The van der Waals surface area contributed by atoms with Gasteiger partial charge in [-0.1, -0.05) is 65.9 Å². The van der Waals surface area contributed by atoms with Crippen LogP contribution in [0.4, 0.5) is 5.82 Å².